The average Bonchev–Trinajstić information content (AvgIpc) is 2.98. The van der Waals surface area contributed by atoms with Gasteiger partial charge in [0, 0.05) is 19.1 Å². The van der Waals surface area contributed by atoms with Crippen LogP contribution in [0.2, 0.25) is 0 Å². The summed E-state index contributed by atoms with van der Waals surface area (Å²) >= 11 is 2.90. The predicted octanol–water partition coefficient (Wildman–Crippen LogP) is 3.28. The molecule has 1 aliphatic rings. The Hall–Kier alpha value is -1.60. The lowest BCUT2D eigenvalue weighted by atomic mass is 10.0. The molecular weight excluding hydrogens is 366 g/mol. The van der Waals surface area contributed by atoms with Crippen LogP contribution in [0.3, 0.4) is 0 Å². The smallest absolute Gasteiger partial charge is 0.258 e. The van der Waals surface area contributed by atoms with Crippen LogP contribution >= 0.6 is 23.1 Å². The van der Waals surface area contributed by atoms with E-state index in [0.29, 0.717) is 11.8 Å². The number of likely N-dealkylation sites (tertiary alicyclic amines) is 1. The second-order valence-corrected chi connectivity index (χ2v) is 8.52. The van der Waals surface area contributed by atoms with Crippen molar-refractivity contribution in [3.8, 4) is 0 Å². The van der Waals surface area contributed by atoms with Crippen LogP contribution in [0.15, 0.2) is 29.3 Å². The fraction of sp³-hybridized carbons (Fsp3) is 0.526. The topological polar surface area (TPSA) is 54.7 Å². The third kappa shape index (κ3) is 4.38. The standard InChI is InChI=1S/C19H25N3O2S2/c1-3-21-15-9-4-5-10-16(15)26-19(21)20-17(23)12-25-13-18(24)22-11-7-6-8-14(22)2/h4-5,9-10,14H,3,6-8,11-13H2,1-2H3/t14-/m0/s1. The lowest BCUT2D eigenvalue weighted by Crippen LogP contribution is -2.43. The van der Waals surface area contributed by atoms with Crippen molar-refractivity contribution in [2.45, 2.75) is 45.7 Å². The molecule has 0 N–H and O–H groups in total. The number of carbonyl (C=O) groups is 2. The van der Waals surface area contributed by atoms with E-state index in [4.69, 9.17) is 0 Å². The number of benzene rings is 1. The van der Waals surface area contributed by atoms with Gasteiger partial charge in [0.15, 0.2) is 4.80 Å². The van der Waals surface area contributed by atoms with Crippen molar-refractivity contribution in [3.05, 3.63) is 29.1 Å². The van der Waals surface area contributed by atoms with Crippen molar-refractivity contribution < 1.29 is 9.59 Å². The van der Waals surface area contributed by atoms with Gasteiger partial charge in [0.25, 0.3) is 5.91 Å². The summed E-state index contributed by atoms with van der Waals surface area (Å²) in [6.45, 7) is 5.77. The molecule has 7 heteroatoms. The number of nitrogens with zero attached hydrogens (tertiary/aromatic N) is 3. The number of aryl methyl sites for hydroxylation is 1. The van der Waals surface area contributed by atoms with E-state index in [1.165, 1.54) is 29.5 Å². The minimum atomic E-state index is -0.178. The van der Waals surface area contributed by atoms with Crippen LogP contribution in [0.25, 0.3) is 10.2 Å². The van der Waals surface area contributed by atoms with Gasteiger partial charge in [0.2, 0.25) is 5.91 Å². The first-order valence-corrected chi connectivity index (χ1v) is 11.1. The summed E-state index contributed by atoms with van der Waals surface area (Å²) in [4.78, 5) is 31.6. The van der Waals surface area contributed by atoms with Crippen molar-refractivity contribution in [2.75, 3.05) is 18.1 Å². The van der Waals surface area contributed by atoms with Crippen LogP contribution in [0.4, 0.5) is 0 Å². The molecule has 2 aromatic rings. The van der Waals surface area contributed by atoms with Crippen LogP contribution in [-0.4, -0.2) is 45.4 Å². The van der Waals surface area contributed by atoms with Gasteiger partial charge in [-0.05, 0) is 45.2 Å². The minimum Gasteiger partial charge on any atom is -0.339 e. The Morgan fingerprint density at radius 3 is 2.85 bits per heavy atom. The third-order valence-electron chi connectivity index (χ3n) is 4.70. The lowest BCUT2D eigenvalue weighted by Gasteiger charge is -2.33. The molecule has 0 bridgehead atoms. The Bertz CT molecular complexity index is 856. The summed E-state index contributed by atoms with van der Waals surface area (Å²) in [6, 6.07) is 8.40. The molecule has 26 heavy (non-hydrogen) atoms. The Morgan fingerprint density at radius 1 is 1.27 bits per heavy atom. The molecule has 1 saturated heterocycles. The number of thioether (sulfide) groups is 1. The van der Waals surface area contributed by atoms with Gasteiger partial charge in [-0.3, -0.25) is 9.59 Å². The van der Waals surface area contributed by atoms with Gasteiger partial charge < -0.3 is 9.47 Å². The summed E-state index contributed by atoms with van der Waals surface area (Å²) in [5.74, 6) is 0.557. The fourth-order valence-electron chi connectivity index (χ4n) is 3.33. The van der Waals surface area contributed by atoms with Gasteiger partial charge >= 0.3 is 0 Å². The third-order valence-corrected chi connectivity index (χ3v) is 6.66. The Morgan fingerprint density at radius 2 is 2.08 bits per heavy atom. The fourth-order valence-corrected chi connectivity index (χ4v) is 5.12. The van der Waals surface area contributed by atoms with Crippen molar-refractivity contribution in [2.24, 2.45) is 4.99 Å². The number of piperidine rings is 1. The SMILES string of the molecule is CCn1c(=NC(=O)CSCC(=O)N2CCCC[C@@H]2C)sc2ccccc21. The molecule has 2 amide bonds. The van der Waals surface area contributed by atoms with E-state index in [9.17, 15) is 9.59 Å². The quantitative estimate of drug-likeness (QED) is 0.786. The van der Waals surface area contributed by atoms with E-state index in [0.717, 1.165) is 40.9 Å². The van der Waals surface area contributed by atoms with Crippen molar-refractivity contribution >= 4 is 45.1 Å². The maximum atomic E-state index is 12.3. The number of carbonyl (C=O) groups excluding carboxylic acids is 2. The number of amides is 2. The van der Waals surface area contributed by atoms with Gasteiger partial charge in [-0.15, -0.1) is 11.8 Å². The number of para-hydroxylation sites is 1. The van der Waals surface area contributed by atoms with Crippen molar-refractivity contribution in [3.63, 3.8) is 0 Å². The first kappa shape index (κ1) is 19.2. The van der Waals surface area contributed by atoms with Gasteiger partial charge in [0.05, 0.1) is 21.7 Å². The normalized spacial score (nSPS) is 18.5. The first-order chi connectivity index (χ1) is 12.6. The molecule has 1 aromatic heterocycles. The van der Waals surface area contributed by atoms with E-state index in [2.05, 4.69) is 23.4 Å². The van der Waals surface area contributed by atoms with Crippen LogP contribution in [0, 0.1) is 0 Å². The molecule has 1 aromatic carbocycles. The summed E-state index contributed by atoms with van der Waals surface area (Å²) in [7, 11) is 0. The summed E-state index contributed by atoms with van der Waals surface area (Å²) in [6.07, 6.45) is 3.35. The molecule has 140 valence electrons. The number of rotatable bonds is 5. The second-order valence-electron chi connectivity index (χ2n) is 6.53. The molecule has 0 unspecified atom stereocenters. The number of thiazole rings is 1. The Kier molecular flexibility index (Phi) is 6.53. The summed E-state index contributed by atoms with van der Waals surface area (Å²) < 4.78 is 3.19. The maximum Gasteiger partial charge on any atom is 0.258 e. The molecule has 5 nitrogen and oxygen atoms in total. The molecule has 0 spiro atoms. The number of hydrogen-bond donors (Lipinski definition) is 0. The van der Waals surface area contributed by atoms with Gasteiger partial charge in [-0.2, -0.15) is 4.99 Å². The number of hydrogen-bond acceptors (Lipinski definition) is 4. The first-order valence-electron chi connectivity index (χ1n) is 9.13. The van der Waals surface area contributed by atoms with E-state index in [1.54, 1.807) is 0 Å². The molecule has 2 heterocycles. The molecule has 0 radical (unpaired) electrons. The summed E-state index contributed by atoms with van der Waals surface area (Å²) in [5, 5.41) is 0. The molecule has 3 rings (SSSR count). The van der Waals surface area contributed by atoms with E-state index in [1.807, 2.05) is 29.2 Å². The van der Waals surface area contributed by atoms with E-state index >= 15 is 0 Å². The second kappa shape index (κ2) is 8.86. The van der Waals surface area contributed by atoms with Crippen LogP contribution < -0.4 is 4.80 Å². The molecule has 1 atom stereocenters. The maximum absolute atomic E-state index is 12.3. The number of aromatic nitrogens is 1. The minimum absolute atomic E-state index is 0.139. The molecule has 0 saturated carbocycles. The highest BCUT2D eigenvalue weighted by Gasteiger charge is 2.22. The monoisotopic (exact) mass is 391 g/mol. The lowest BCUT2D eigenvalue weighted by molar-refractivity contribution is -0.131. The zero-order valence-corrected chi connectivity index (χ0v) is 16.9. The van der Waals surface area contributed by atoms with Crippen LogP contribution in [0.5, 0.6) is 0 Å². The highest BCUT2D eigenvalue weighted by molar-refractivity contribution is 8.00. The highest BCUT2D eigenvalue weighted by atomic mass is 32.2. The molecule has 0 aliphatic carbocycles. The zero-order chi connectivity index (χ0) is 18.5. The number of fused-ring (bicyclic) bond motifs is 1. The van der Waals surface area contributed by atoms with Crippen molar-refractivity contribution in [1.29, 1.82) is 0 Å². The van der Waals surface area contributed by atoms with Crippen molar-refractivity contribution in [1.82, 2.24) is 9.47 Å². The largest absolute Gasteiger partial charge is 0.339 e. The van der Waals surface area contributed by atoms with Crippen LogP contribution in [-0.2, 0) is 16.1 Å². The van der Waals surface area contributed by atoms with Gasteiger partial charge in [-0.1, -0.05) is 23.5 Å². The van der Waals surface area contributed by atoms with Gasteiger partial charge in [-0.25, -0.2) is 0 Å². The predicted molar refractivity (Wildman–Crippen MR) is 108 cm³/mol. The average molecular weight is 392 g/mol. The highest BCUT2D eigenvalue weighted by Crippen LogP contribution is 2.18. The molecular formula is C19H25N3O2S2. The molecule has 1 fully saturated rings. The Labute approximate surface area is 162 Å². The zero-order valence-electron chi connectivity index (χ0n) is 15.3. The Balaban J connectivity index is 1.60. The summed E-state index contributed by atoms with van der Waals surface area (Å²) in [5.41, 5.74) is 1.11. The van der Waals surface area contributed by atoms with E-state index < -0.39 is 0 Å². The molecule has 1 aliphatic heterocycles. The van der Waals surface area contributed by atoms with Gasteiger partial charge in [0.1, 0.15) is 0 Å². The van der Waals surface area contributed by atoms with E-state index in [-0.39, 0.29) is 17.6 Å². The van der Waals surface area contributed by atoms with Crippen LogP contribution in [0.1, 0.15) is 33.1 Å².